The van der Waals surface area contributed by atoms with Gasteiger partial charge >= 0.3 is 0 Å². The zero-order chi connectivity index (χ0) is 34.6. The third kappa shape index (κ3) is 6.50. The highest BCUT2D eigenvalue weighted by atomic mass is 35.5. The van der Waals surface area contributed by atoms with Gasteiger partial charge in [0.1, 0.15) is 6.10 Å². The number of aliphatic hydroxyl groups is 1. The van der Waals surface area contributed by atoms with E-state index in [2.05, 4.69) is 12.1 Å². The average molecular weight is 694 g/mol. The highest BCUT2D eigenvalue weighted by Crippen LogP contribution is 2.34. The van der Waals surface area contributed by atoms with Gasteiger partial charge in [-0.05, 0) is 87.8 Å². The van der Waals surface area contributed by atoms with Gasteiger partial charge in [-0.15, -0.1) is 0 Å². The lowest BCUT2D eigenvalue weighted by molar-refractivity contribution is 0.103. The van der Waals surface area contributed by atoms with Crippen molar-refractivity contribution in [2.24, 2.45) is 0 Å². The van der Waals surface area contributed by atoms with Crippen LogP contribution in [0.1, 0.15) is 43.6 Å². The van der Waals surface area contributed by atoms with Crippen molar-refractivity contribution < 1.29 is 14.7 Å². The lowest BCUT2D eigenvalue weighted by atomic mass is 9.95. The van der Waals surface area contributed by atoms with Crippen LogP contribution in [0.15, 0.2) is 164 Å². The van der Waals surface area contributed by atoms with E-state index in [-0.39, 0.29) is 5.78 Å². The van der Waals surface area contributed by atoms with Gasteiger partial charge in [0.15, 0.2) is 12.1 Å². The number of aliphatic hydroxyl groups excluding tert-OH is 1. The fourth-order valence-electron chi connectivity index (χ4n) is 6.31. The van der Waals surface area contributed by atoms with Crippen LogP contribution in [0.4, 0.5) is 0 Å². The molecule has 50 heavy (non-hydrogen) atoms. The molecule has 6 aromatic carbocycles. The van der Waals surface area contributed by atoms with Crippen LogP contribution in [-0.2, 0) is 0 Å². The van der Waals surface area contributed by atoms with Crippen LogP contribution in [0.3, 0.4) is 0 Å². The normalized spacial score (nSPS) is 11.6. The molecular weight excluding hydrogens is 663 g/mol. The van der Waals surface area contributed by atoms with Crippen LogP contribution in [0, 0.1) is 0 Å². The van der Waals surface area contributed by atoms with E-state index < -0.39 is 6.10 Å². The number of nitrogens with zero attached hydrogens (tertiary/aromatic N) is 2. The number of fused-ring (bicyclic) bond motifs is 2. The molecule has 7 heteroatoms. The third-order valence-corrected chi connectivity index (χ3v) is 9.15. The molecule has 2 heterocycles. The van der Waals surface area contributed by atoms with Crippen molar-refractivity contribution in [3.8, 4) is 11.4 Å². The summed E-state index contributed by atoms with van der Waals surface area (Å²) in [6, 6.07) is 45.6. The number of hydrogen-bond donors (Lipinski definition) is 1. The van der Waals surface area contributed by atoms with Gasteiger partial charge < -0.3 is 14.2 Å². The molecule has 0 aliphatic rings. The summed E-state index contributed by atoms with van der Waals surface area (Å²) in [5.41, 5.74) is 4.74. The maximum Gasteiger partial charge on any atom is 0.195 e. The van der Waals surface area contributed by atoms with Gasteiger partial charge in [0.2, 0.25) is 0 Å². The van der Waals surface area contributed by atoms with Crippen molar-refractivity contribution in [2.45, 2.75) is 6.10 Å². The van der Waals surface area contributed by atoms with Crippen molar-refractivity contribution in [1.82, 2.24) is 9.13 Å². The number of aldehydes is 1. The van der Waals surface area contributed by atoms with Crippen molar-refractivity contribution in [3.63, 3.8) is 0 Å². The number of halogens is 2. The Balaban J connectivity index is 0.000000157. The molecule has 0 radical (unpaired) electrons. The van der Waals surface area contributed by atoms with Crippen LogP contribution in [0.25, 0.3) is 32.9 Å². The maximum absolute atomic E-state index is 13.4. The predicted molar refractivity (Wildman–Crippen MR) is 202 cm³/mol. The van der Waals surface area contributed by atoms with Crippen LogP contribution in [0.2, 0.25) is 10.0 Å². The average Bonchev–Trinajstić information content (AvgIpc) is 3.87. The van der Waals surface area contributed by atoms with Gasteiger partial charge in [-0.3, -0.25) is 9.59 Å². The summed E-state index contributed by atoms with van der Waals surface area (Å²) in [5.74, 6) is -0.134. The number of carbonyl (C=O) groups excluding carboxylic acids is 2. The molecule has 244 valence electrons. The Morgan fingerprint density at radius 1 is 0.580 bits per heavy atom. The number of hydrogen-bond acceptors (Lipinski definition) is 3. The highest BCUT2D eigenvalue weighted by Gasteiger charge is 2.20. The molecule has 1 N–H and O–H groups in total. The van der Waals surface area contributed by atoms with Gasteiger partial charge in [-0.1, -0.05) is 108 Å². The van der Waals surface area contributed by atoms with E-state index >= 15 is 0 Å². The van der Waals surface area contributed by atoms with Gasteiger partial charge in [0, 0.05) is 45.3 Å². The first kappa shape index (κ1) is 32.8. The van der Waals surface area contributed by atoms with Gasteiger partial charge in [0.05, 0.1) is 17.1 Å². The standard InChI is InChI=1S/C22H14ClNO2.C21H16ClNO/c23-16-10-11-21(24-12-4-7-17(24)14-25)20(13-16)22(26)19-9-3-6-15-5-1-2-8-18(15)19;22-16-10-11-20(23-12-3-4-13-23)19(14-16)21(24)18-9-5-7-15-6-1-2-8-17(15)18/h1-14H;1-14,21,24H. The minimum absolute atomic E-state index is 0.134. The third-order valence-electron chi connectivity index (χ3n) is 8.68. The second-order valence-electron chi connectivity index (χ2n) is 11.7. The Morgan fingerprint density at radius 3 is 1.94 bits per heavy atom. The monoisotopic (exact) mass is 692 g/mol. The van der Waals surface area contributed by atoms with Gasteiger partial charge in [-0.2, -0.15) is 0 Å². The van der Waals surface area contributed by atoms with Crippen LogP contribution in [-0.4, -0.2) is 26.3 Å². The molecule has 0 saturated heterocycles. The Labute approximate surface area is 299 Å². The molecular formula is C43H30Cl2N2O3. The fourth-order valence-corrected chi connectivity index (χ4v) is 6.66. The quantitative estimate of drug-likeness (QED) is 0.134. The summed E-state index contributed by atoms with van der Waals surface area (Å²) in [6.07, 6.45) is 5.69. The second kappa shape index (κ2) is 14.4. The number of ketones is 1. The summed E-state index contributed by atoms with van der Waals surface area (Å²) >= 11 is 12.4. The summed E-state index contributed by atoms with van der Waals surface area (Å²) in [6.45, 7) is 0. The number of benzene rings is 6. The Morgan fingerprint density at radius 2 is 1.20 bits per heavy atom. The van der Waals surface area contributed by atoms with Crippen LogP contribution in [0.5, 0.6) is 0 Å². The molecule has 2 aromatic heterocycles. The molecule has 0 saturated carbocycles. The number of rotatable bonds is 7. The lowest BCUT2D eigenvalue weighted by Crippen LogP contribution is -2.09. The summed E-state index contributed by atoms with van der Waals surface area (Å²) in [4.78, 5) is 24.7. The van der Waals surface area contributed by atoms with Gasteiger partial charge in [-0.25, -0.2) is 0 Å². The van der Waals surface area contributed by atoms with Crippen molar-refractivity contribution in [2.75, 3.05) is 0 Å². The van der Waals surface area contributed by atoms with E-state index in [1.807, 2.05) is 120 Å². The number of carbonyl (C=O) groups is 2. The smallest absolute Gasteiger partial charge is 0.195 e. The highest BCUT2D eigenvalue weighted by molar-refractivity contribution is 6.31. The van der Waals surface area contributed by atoms with E-state index in [9.17, 15) is 14.7 Å². The second-order valence-corrected chi connectivity index (χ2v) is 12.6. The van der Waals surface area contributed by atoms with Crippen molar-refractivity contribution in [1.29, 1.82) is 0 Å². The molecule has 0 aliphatic heterocycles. The summed E-state index contributed by atoms with van der Waals surface area (Å²) in [7, 11) is 0. The van der Waals surface area contributed by atoms with Crippen molar-refractivity contribution >= 4 is 56.8 Å². The number of aromatic nitrogens is 2. The molecule has 0 bridgehead atoms. The minimum atomic E-state index is -0.757. The zero-order valence-corrected chi connectivity index (χ0v) is 28.2. The summed E-state index contributed by atoms with van der Waals surface area (Å²) < 4.78 is 3.68. The molecule has 0 amide bonds. The molecule has 1 atom stereocenters. The van der Waals surface area contributed by atoms with Crippen molar-refractivity contribution in [3.05, 3.63) is 202 Å². The molecule has 0 spiro atoms. The van der Waals surface area contributed by atoms with Gasteiger partial charge in [0.25, 0.3) is 0 Å². The Bertz CT molecular complexity index is 2470. The molecule has 5 nitrogen and oxygen atoms in total. The fraction of sp³-hybridized carbons (Fsp3) is 0.0233. The maximum atomic E-state index is 13.4. The zero-order valence-electron chi connectivity index (χ0n) is 26.7. The SMILES string of the molecule is O=Cc1cccn1-c1ccc(Cl)cc1C(=O)c1cccc2ccccc12.OC(c1cc(Cl)ccc1-n1cccc1)c1cccc2ccccc12. The molecule has 8 aromatic rings. The largest absolute Gasteiger partial charge is 0.384 e. The predicted octanol–water partition coefficient (Wildman–Crippen LogP) is 10.7. The lowest BCUT2D eigenvalue weighted by Gasteiger charge is -2.19. The van der Waals surface area contributed by atoms with E-state index in [0.29, 0.717) is 32.6 Å². The molecule has 1 unspecified atom stereocenters. The van der Waals surface area contributed by atoms with E-state index in [4.69, 9.17) is 23.2 Å². The topological polar surface area (TPSA) is 64.2 Å². The minimum Gasteiger partial charge on any atom is -0.384 e. The Hall–Kier alpha value is -5.72. The first-order valence-electron chi connectivity index (χ1n) is 16.0. The Kier molecular flexibility index (Phi) is 9.45. The van der Waals surface area contributed by atoms with E-state index in [0.717, 1.165) is 44.6 Å². The molecule has 0 aliphatic carbocycles. The molecule has 0 fully saturated rings. The van der Waals surface area contributed by atoms with E-state index in [1.165, 1.54) is 0 Å². The van der Waals surface area contributed by atoms with E-state index in [1.54, 1.807) is 41.1 Å². The van der Waals surface area contributed by atoms with Crippen LogP contribution >= 0.6 is 23.2 Å². The molecule has 8 rings (SSSR count). The first-order valence-corrected chi connectivity index (χ1v) is 16.7. The van der Waals surface area contributed by atoms with Crippen LogP contribution < -0.4 is 0 Å². The first-order chi connectivity index (χ1) is 24.4. The summed E-state index contributed by atoms with van der Waals surface area (Å²) in [5, 5.41) is 16.2.